The van der Waals surface area contributed by atoms with E-state index in [2.05, 4.69) is 15.5 Å². The first-order valence-corrected chi connectivity index (χ1v) is 35.4. The molecule has 0 aromatic carbocycles. The van der Waals surface area contributed by atoms with Crippen molar-refractivity contribution < 1.29 is 71.8 Å². The second-order valence-electron chi connectivity index (χ2n) is 30.7. The van der Waals surface area contributed by atoms with Gasteiger partial charge in [0.1, 0.15) is 29.8 Å². The normalized spacial score (nSPS) is 28.2. The maximum atomic E-state index is 15.2. The Morgan fingerprint density at radius 3 is 1.68 bits per heavy atom. The number of likely N-dealkylation sites (N-methyl/N-ethyl adjacent to an activating group) is 3. The summed E-state index contributed by atoms with van der Waals surface area (Å²) in [5, 5.41) is 6.70. The van der Waals surface area contributed by atoms with E-state index < -0.39 is 154 Å². The predicted molar refractivity (Wildman–Crippen MR) is 364 cm³/mol. The van der Waals surface area contributed by atoms with Gasteiger partial charge >= 0.3 is 6.09 Å². The van der Waals surface area contributed by atoms with Gasteiger partial charge < -0.3 is 39.7 Å². The minimum absolute atomic E-state index is 0.0401. The van der Waals surface area contributed by atoms with Crippen LogP contribution in [-0.4, -0.2) is 217 Å². The molecule has 3 aliphatic heterocycles. The second-order valence-corrected chi connectivity index (χ2v) is 30.7. The quantitative estimate of drug-likeness (QED) is 0.116. The number of nitrogens with one attached hydrogen (secondary N) is 2. The number of morpholine rings is 1. The van der Waals surface area contributed by atoms with Crippen LogP contribution in [0.4, 0.5) is 4.79 Å². The largest absolute Gasteiger partial charge is 0.453 e. The minimum Gasteiger partial charge on any atom is -0.453 e. The number of unbranched alkanes of at least 4 members (excludes halogenated alkanes) is 2. The fraction of sp³-hybridized carbons (Fsp3) is 0.833. The number of rotatable bonds is 19. The Bertz CT molecular complexity index is 2620. The van der Waals surface area contributed by atoms with Crippen molar-refractivity contribution in [2.75, 3.05) is 74.7 Å². The van der Waals surface area contributed by atoms with E-state index >= 15 is 19.2 Å². The van der Waals surface area contributed by atoms with Crippen molar-refractivity contribution in [3.8, 4) is 0 Å². The molecule has 13 atom stereocenters. The molecule has 23 heteroatoms. The van der Waals surface area contributed by atoms with Crippen LogP contribution in [0.2, 0.25) is 0 Å². The average molecular weight is 1340 g/mol. The summed E-state index contributed by atoms with van der Waals surface area (Å²) in [5.74, 6) is -12.2. The molecule has 0 spiro atoms. The number of ketones is 5. The van der Waals surface area contributed by atoms with Crippen LogP contribution in [-0.2, 0) is 67.1 Å². The second kappa shape index (κ2) is 38.5. The lowest BCUT2D eigenvalue weighted by atomic mass is 9.70. The summed E-state index contributed by atoms with van der Waals surface area (Å²) in [5.41, 5.74) is -1.11. The van der Waals surface area contributed by atoms with Crippen molar-refractivity contribution in [2.24, 2.45) is 70.5 Å². The zero-order chi connectivity index (χ0) is 72.3. The van der Waals surface area contributed by atoms with E-state index in [0.717, 1.165) is 44.0 Å². The van der Waals surface area contributed by atoms with Crippen LogP contribution in [0, 0.1) is 70.5 Å². The first-order valence-electron chi connectivity index (χ1n) is 35.4. The Labute approximate surface area is 569 Å². The van der Waals surface area contributed by atoms with Crippen LogP contribution < -0.4 is 10.6 Å². The zero-order valence-corrected chi connectivity index (χ0v) is 62.1. The zero-order valence-electron chi connectivity index (χ0n) is 62.1. The van der Waals surface area contributed by atoms with Gasteiger partial charge in [-0.05, 0) is 92.9 Å². The summed E-state index contributed by atoms with van der Waals surface area (Å²) < 4.78 is 10.5. The molecule has 0 radical (unpaired) electrons. The third kappa shape index (κ3) is 24.1. The number of nitrogens with zero attached hydrogens (tertiary/aromatic N) is 6. The number of fused-ring (bicyclic) bond motifs is 1. The van der Waals surface area contributed by atoms with Gasteiger partial charge in [-0.2, -0.15) is 0 Å². The average Bonchev–Trinajstić information content (AvgIpc) is 0.756. The van der Waals surface area contributed by atoms with Crippen molar-refractivity contribution in [3.05, 3.63) is 0 Å². The molecule has 3 heterocycles. The van der Waals surface area contributed by atoms with E-state index in [1.54, 1.807) is 62.3 Å². The summed E-state index contributed by atoms with van der Waals surface area (Å²) in [6.45, 7) is 34.4. The Morgan fingerprint density at radius 2 is 1.16 bits per heavy atom. The third-order valence-electron chi connectivity index (χ3n) is 19.8. The van der Waals surface area contributed by atoms with Crippen LogP contribution in [0.3, 0.4) is 0 Å². The lowest BCUT2D eigenvalue weighted by Gasteiger charge is -2.50. The highest BCUT2D eigenvalue weighted by Gasteiger charge is 2.54. The standard InChI is InChI=1S/C72H124N8O15/c1-23-54-59(83)36-48(13)57(81)40-53(72(16,17)41-75(18)71(92)93-22)58(82)39-52(45(8)9)69(90)77(20)55(34-43(4)5)60(84)37-49(14)65(86)73-50(15)67(88)76(19)56(35-44(6)7)61(85)38-51(33-42(2)3)68(89)78(21)62(46(10)11)70(91)80-63(66(87)74-54)64(95-80)47(12)27-25-24-26-28-79-29-31-94-32-30-79/h42-56,62-64H,23-41H2,1-22H3,(H,73,86)(H,74,87)/t47-,48+,49-,50-,51-,52+,53-,54+,55+,56+,62+,63+,64?/m1/s1. The molecule has 2 N–H and O–H groups in total. The lowest BCUT2D eigenvalue weighted by molar-refractivity contribution is -0.322. The van der Waals surface area contributed by atoms with Crippen LogP contribution in [0.25, 0.3) is 0 Å². The number of amides is 7. The maximum absolute atomic E-state index is 15.2. The molecule has 7 amide bonds. The van der Waals surface area contributed by atoms with E-state index in [0.29, 0.717) is 19.6 Å². The molecular formula is C72H124N8O15. The van der Waals surface area contributed by atoms with E-state index in [1.807, 2.05) is 48.5 Å². The van der Waals surface area contributed by atoms with Gasteiger partial charge in [0.25, 0.3) is 5.91 Å². The molecule has 3 rings (SSSR count). The van der Waals surface area contributed by atoms with E-state index in [1.165, 1.54) is 61.8 Å². The van der Waals surface area contributed by atoms with Gasteiger partial charge in [0.05, 0.1) is 38.4 Å². The molecule has 1 unspecified atom stereocenters. The Hall–Kier alpha value is -5.68. The molecular weight excluding hydrogens is 1220 g/mol. The van der Waals surface area contributed by atoms with Gasteiger partial charge in [0, 0.05) is 110 Å². The van der Waals surface area contributed by atoms with Gasteiger partial charge in [-0.15, -0.1) is 0 Å². The minimum atomic E-state index is -1.23. The Morgan fingerprint density at radius 1 is 0.611 bits per heavy atom. The first kappa shape index (κ1) is 83.5. The van der Waals surface area contributed by atoms with E-state index in [4.69, 9.17) is 14.3 Å². The summed E-state index contributed by atoms with van der Waals surface area (Å²) in [6, 6.07) is -6.74. The summed E-state index contributed by atoms with van der Waals surface area (Å²) in [6.07, 6.45) is 1.06. The Kier molecular flexibility index (Phi) is 33.8. The molecule has 3 saturated heterocycles. The van der Waals surface area contributed by atoms with Crippen molar-refractivity contribution in [1.82, 2.24) is 40.2 Å². The Balaban J connectivity index is 2.25. The first-order chi connectivity index (χ1) is 44.2. The van der Waals surface area contributed by atoms with E-state index in [9.17, 15) is 38.4 Å². The van der Waals surface area contributed by atoms with Gasteiger partial charge in [0.15, 0.2) is 23.4 Å². The number of hydroxylamine groups is 2. The fourth-order valence-electron chi connectivity index (χ4n) is 13.9. The highest BCUT2D eigenvalue weighted by Crippen LogP contribution is 2.38. The SMILES string of the molecule is CC[C@@H]1NC(=O)[C@@H]2C([C@H](C)CCCCCN3CCOCC3)ON2C(=O)[C@H](C(C)C)N(C)C(=O)[C@H](CC(C)C)CC(=O)[C@H](CC(C)C)N(C)C(=O)[C@@H](C)NC(=O)[C@H](C)CC(=O)[C@H](CC(C)C)N(C)C(=O)[C@H](C(C)C)CC(=O)[C@H](C(C)(C)CN(C)C(=O)OC)CC(=O)[C@@H](C)CC1=O. The highest BCUT2D eigenvalue weighted by molar-refractivity contribution is 6.00. The van der Waals surface area contributed by atoms with Crippen LogP contribution in [0.1, 0.15) is 201 Å². The fourth-order valence-corrected chi connectivity index (χ4v) is 13.9. The van der Waals surface area contributed by atoms with Gasteiger partial charge in [-0.3, -0.25) is 62.5 Å². The molecule has 0 aromatic heterocycles. The molecule has 95 heavy (non-hydrogen) atoms. The van der Waals surface area contributed by atoms with Crippen molar-refractivity contribution in [2.45, 2.75) is 244 Å². The monoisotopic (exact) mass is 1340 g/mol. The molecule has 3 aliphatic rings. The predicted octanol–water partition coefficient (Wildman–Crippen LogP) is 8.01. The van der Waals surface area contributed by atoms with Crippen LogP contribution in [0.15, 0.2) is 0 Å². The van der Waals surface area contributed by atoms with E-state index in [-0.39, 0.29) is 93.8 Å². The number of Topliss-reactive ketones (excluding diaryl/α,β-unsaturated/α-hetero) is 5. The molecule has 542 valence electrons. The summed E-state index contributed by atoms with van der Waals surface area (Å²) in [4.78, 5) is 189. The van der Waals surface area contributed by atoms with Gasteiger partial charge in [-0.25, -0.2) is 9.86 Å². The third-order valence-corrected chi connectivity index (χ3v) is 19.8. The molecule has 0 aromatic rings. The van der Waals surface area contributed by atoms with Crippen molar-refractivity contribution in [1.29, 1.82) is 0 Å². The highest BCUT2D eigenvalue weighted by atomic mass is 16.7. The summed E-state index contributed by atoms with van der Waals surface area (Å²) in [7, 11) is 7.22. The number of ether oxygens (including phenoxy) is 2. The number of hydrogen-bond acceptors (Lipinski definition) is 16. The topological polar surface area (TPSA) is 276 Å². The molecule has 0 bridgehead atoms. The number of methoxy groups -OCH3 is 1. The number of carbonyl (C=O) groups excluding carboxylic acids is 12. The maximum Gasteiger partial charge on any atom is 0.409 e. The summed E-state index contributed by atoms with van der Waals surface area (Å²) >= 11 is 0. The van der Waals surface area contributed by atoms with Gasteiger partial charge in [0.2, 0.25) is 29.5 Å². The molecule has 0 aliphatic carbocycles. The van der Waals surface area contributed by atoms with Crippen molar-refractivity contribution >= 4 is 70.5 Å². The van der Waals surface area contributed by atoms with Crippen LogP contribution in [0.5, 0.6) is 0 Å². The number of carbonyl (C=O) groups is 12. The van der Waals surface area contributed by atoms with Gasteiger partial charge in [-0.1, -0.05) is 124 Å². The molecule has 0 saturated carbocycles. The molecule has 3 fully saturated rings. The number of hydrogen-bond donors (Lipinski definition) is 2. The smallest absolute Gasteiger partial charge is 0.409 e. The molecule has 23 nitrogen and oxygen atoms in total. The lowest BCUT2D eigenvalue weighted by Crippen LogP contribution is -2.71. The van der Waals surface area contributed by atoms with Crippen LogP contribution >= 0.6 is 0 Å². The van der Waals surface area contributed by atoms with Crippen molar-refractivity contribution in [3.63, 3.8) is 0 Å².